The summed E-state index contributed by atoms with van der Waals surface area (Å²) in [5, 5.41) is 0. The summed E-state index contributed by atoms with van der Waals surface area (Å²) in [5.74, 6) is -0.130. The van der Waals surface area contributed by atoms with Gasteiger partial charge in [-0.05, 0) is 45.2 Å². The summed E-state index contributed by atoms with van der Waals surface area (Å²) in [7, 11) is -3.89. The van der Waals surface area contributed by atoms with Crippen molar-refractivity contribution in [3.8, 4) is 0 Å². The number of carbonyl (C=O) groups is 1. The smallest absolute Gasteiger partial charge is 0.296 e. The normalized spacial score (nSPS) is 24.4. The van der Waals surface area contributed by atoms with E-state index >= 15 is 0 Å². The first-order valence-electron chi connectivity index (χ1n) is 6.39. The summed E-state index contributed by atoms with van der Waals surface area (Å²) in [5.41, 5.74) is -0.235. The third kappa shape index (κ3) is 3.04. The maximum atomic E-state index is 12.2. The first kappa shape index (κ1) is 14.2. The minimum atomic E-state index is -3.89. The van der Waals surface area contributed by atoms with Crippen LogP contribution in [-0.4, -0.2) is 19.8 Å². The van der Waals surface area contributed by atoms with Gasteiger partial charge in [-0.3, -0.25) is 8.98 Å². The van der Waals surface area contributed by atoms with E-state index in [4.69, 9.17) is 4.18 Å². The molecule has 1 aliphatic carbocycles. The summed E-state index contributed by atoms with van der Waals surface area (Å²) in [6.07, 6.45) is 2.46. The highest BCUT2D eigenvalue weighted by Crippen LogP contribution is 2.31. The second-order valence-corrected chi connectivity index (χ2v) is 6.76. The molecule has 1 aliphatic rings. The lowest BCUT2D eigenvalue weighted by atomic mass is 9.85. The molecule has 0 radical (unpaired) electrons. The van der Waals surface area contributed by atoms with E-state index in [0.29, 0.717) is 12.8 Å². The third-order valence-electron chi connectivity index (χ3n) is 3.50. The zero-order valence-corrected chi connectivity index (χ0v) is 12.0. The van der Waals surface area contributed by atoms with Gasteiger partial charge >= 0.3 is 0 Å². The molecule has 4 nitrogen and oxygen atoms in total. The molecule has 1 aromatic carbocycles. The molecule has 5 heteroatoms. The molecule has 0 aromatic heterocycles. The highest BCUT2D eigenvalue weighted by molar-refractivity contribution is 7.86. The van der Waals surface area contributed by atoms with Crippen LogP contribution in [0.4, 0.5) is 0 Å². The average molecular weight is 282 g/mol. The molecule has 1 fully saturated rings. The molecule has 1 unspecified atom stereocenters. The van der Waals surface area contributed by atoms with Crippen LogP contribution in [0.3, 0.4) is 0 Å². The average Bonchev–Trinajstić information content (AvgIpc) is 2.33. The van der Waals surface area contributed by atoms with Crippen molar-refractivity contribution in [2.75, 3.05) is 0 Å². The number of carbonyl (C=O) groups excluding carboxylic acids is 1. The van der Waals surface area contributed by atoms with Gasteiger partial charge in [0.1, 0.15) is 5.60 Å². The molecule has 0 spiro atoms. The monoisotopic (exact) mass is 282 g/mol. The first-order valence-corrected chi connectivity index (χ1v) is 7.80. The zero-order valence-electron chi connectivity index (χ0n) is 11.2. The summed E-state index contributed by atoms with van der Waals surface area (Å²) in [4.78, 5) is 12.0. The number of hydrogen-bond donors (Lipinski definition) is 0. The van der Waals surface area contributed by atoms with Gasteiger partial charge in [-0.25, -0.2) is 0 Å². The Kier molecular flexibility index (Phi) is 3.78. The van der Waals surface area contributed by atoms with Gasteiger partial charge in [-0.1, -0.05) is 17.7 Å². The number of ketones is 1. The maximum Gasteiger partial charge on any atom is 0.297 e. The van der Waals surface area contributed by atoms with Gasteiger partial charge in [0.15, 0.2) is 5.78 Å². The van der Waals surface area contributed by atoms with Crippen LogP contribution < -0.4 is 0 Å². The van der Waals surface area contributed by atoms with Gasteiger partial charge in [0.2, 0.25) is 0 Å². The van der Waals surface area contributed by atoms with E-state index in [2.05, 4.69) is 0 Å². The minimum Gasteiger partial charge on any atom is -0.296 e. The summed E-state index contributed by atoms with van der Waals surface area (Å²) >= 11 is 0. The molecule has 1 atom stereocenters. The molecule has 19 heavy (non-hydrogen) atoms. The van der Waals surface area contributed by atoms with E-state index in [1.165, 1.54) is 12.1 Å². The zero-order chi connectivity index (χ0) is 14.1. The Hall–Kier alpha value is -1.20. The Morgan fingerprint density at radius 3 is 2.37 bits per heavy atom. The standard InChI is InChI=1S/C14H18O4S/c1-11-6-8-12(9-7-11)19(16,17)18-14(2)10-4-3-5-13(14)15/h6-9H,3-5,10H2,1-2H3. The predicted octanol–water partition coefficient (Wildman–Crippen LogP) is 2.60. The lowest BCUT2D eigenvalue weighted by molar-refractivity contribution is -0.135. The molecular formula is C14H18O4S. The van der Waals surface area contributed by atoms with Crippen molar-refractivity contribution < 1.29 is 17.4 Å². The van der Waals surface area contributed by atoms with Crippen LogP contribution in [0.25, 0.3) is 0 Å². The number of benzene rings is 1. The van der Waals surface area contributed by atoms with Crippen molar-refractivity contribution in [1.82, 2.24) is 0 Å². The number of hydrogen-bond acceptors (Lipinski definition) is 4. The topological polar surface area (TPSA) is 60.4 Å². The van der Waals surface area contributed by atoms with Crippen molar-refractivity contribution in [1.29, 1.82) is 0 Å². The van der Waals surface area contributed by atoms with E-state index in [0.717, 1.165) is 18.4 Å². The van der Waals surface area contributed by atoms with Crippen LogP contribution in [0.2, 0.25) is 0 Å². The maximum absolute atomic E-state index is 12.2. The summed E-state index contributed by atoms with van der Waals surface area (Å²) in [6, 6.07) is 6.42. The largest absolute Gasteiger partial charge is 0.297 e. The van der Waals surface area contributed by atoms with E-state index in [-0.39, 0.29) is 10.7 Å². The van der Waals surface area contributed by atoms with Crippen molar-refractivity contribution in [3.05, 3.63) is 29.8 Å². The summed E-state index contributed by atoms with van der Waals surface area (Å²) in [6.45, 7) is 3.45. The Morgan fingerprint density at radius 1 is 1.16 bits per heavy atom. The highest BCUT2D eigenvalue weighted by atomic mass is 32.2. The third-order valence-corrected chi connectivity index (χ3v) is 4.94. The van der Waals surface area contributed by atoms with Gasteiger partial charge in [-0.2, -0.15) is 8.42 Å². The van der Waals surface area contributed by atoms with Crippen LogP contribution in [0, 0.1) is 6.92 Å². The molecule has 0 bridgehead atoms. The number of aryl methyl sites for hydroxylation is 1. The second kappa shape index (κ2) is 5.06. The number of rotatable bonds is 3. The molecule has 0 aliphatic heterocycles. The van der Waals surface area contributed by atoms with Gasteiger partial charge < -0.3 is 0 Å². The van der Waals surface area contributed by atoms with E-state index in [1.807, 2.05) is 6.92 Å². The Bertz CT molecular complexity index is 574. The van der Waals surface area contributed by atoms with Crippen LogP contribution in [0.1, 0.15) is 38.2 Å². The minimum absolute atomic E-state index is 0.0951. The van der Waals surface area contributed by atoms with Crippen molar-refractivity contribution in [2.24, 2.45) is 0 Å². The van der Waals surface area contributed by atoms with E-state index < -0.39 is 15.7 Å². The van der Waals surface area contributed by atoms with Gasteiger partial charge in [0.25, 0.3) is 10.1 Å². The fourth-order valence-corrected chi connectivity index (χ4v) is 3.46. The Morgan fingerprint density at radius 2 is 1.79 bits per heavy atom. The molecular weight excluding hydrogens is 264 g/mol. The van der Waals surface area contributed by atoms with Crippen molar-refractivity contribution >= 4 is 15.9 Å². The molecule has 104 valence electrons. The fourth-order valence-electron chi connectivity index (χ4n) is 2.24. The first-order chi connectivity index (χ1) is 8.83. The van der Waals surface area contributed by atoms with E-state index in [1.54, 1.807) is 19.1 Å². The van der Waals surface area contributed by atoms with Crippen LogP contribution in [0.5, 0.6) is 0 Å². The van der Waals surface area contributed by atoms with Crippen molar-refractivity contribution in [3.63, 3.8) is 0 Å². The fraction of sp³-hybridized carbons (Fsp3) is 0.500. The SMILES string of the molecule is Cc1ccc(S(=O)(=O)OC2(C)CCCCC2=O)cc1. The van der Waals surface area contributed by atoms with Gasteiger partial charge in [-0.15, -0.1) is 0 Å². The second-order valence-electron chi connectivity index (χ2n) is 5.21. The molecule has 2 rings (SSSR count). The lowest BCUT2D eigenvalue weighted by Gasteiger charge is -2.30. The molecule has 0 saturated heterocycles. The van der Waals surface area contributed by atoms with Crippen molar-refractivity contribution in [2.45, 2.75) is 50.0 Å². The summed E-state index contributed by atoms with van der Waals surface area (Å²) < 4.78 is 29.6. The lowest BCUT2D eigenvalue weighted by Crippen LogP contribution is -2.42. The molecule has 1 saturated carbocycles. The molecule has 0 N–H and O–H groups in total. The van der Waals surface area contributed by atoms with Gasteiger partial charge in [0, 0.05) is 6.42 Å². The quantitative estimate of drug-likeness (QED) is 0.799. The Labute approximate surface area is 113 Å². The predicted molar refractivity (Wildman–Crippen MR) is 71.3 cm³/mol. The number of Topliss-reactive ketones (excluding diaryl/α,β-unsaturated/α-hetero) is 1. The molecule has 1 aromatic rings. The van der Waals surface area contributed by atoms with Crippen LogP contribution in [-0.2, 0) is 19.1 Å². The van der Waals surface area contributed by atoms with E-state index in [9.17, 15) is 13.2 Å². The molecule has 0 amide bonds. The Balaban J connectivity index is 2.26. The molecule has 0 heterocycles. The highest BCUT2D eigenvalue weighted by Gasteiger charge is 2.40. The van der Waals surface area contributed by atoms with Gasteiger partial charge in [0.05, 0.1) is 4.90 Å². The van der Waals surface area contributed by atoms with Crippen LogP contribution in [0.15, 0.2) is 29.2 Å². The van der Waals surface area contributed by atoms with Crippen LogP contribution >= 0.6 is 0 Å².